The second-order valence-corrected chi connectivity index (χ2v) is 8.19. The maximum absolute atomic E-state index is 13.6. The molecule has 2 rings (SSSR count). The summed E-state index contributed by atoms with van der Waals surface area (Å²) in [6.45, 7) is 3.70. The Morgan fingerprint density at radius 1 is 0.900 bits per heavy atom. The van der Waals surface area contributed by atoms with Crippen molar-refractivity contribution in [1.82, 2.24) is 0 Å². The van der Waals surface area contributed by atoms with Gasteiger partial charge in [0.05, 0.1) is 6.10 Å². The molecule has 20 heavy (non-hydrogen) atoms. The quantitative estimate of drug-likeness (QED) is 0.859. The molecule has 0 aliphatic heterocycles. The Hall–Kier alpha value is -1.37. The molecule has 0 bridgehead atoms. The maximum Gasteiger partial charge on any atom is 0.143 e. The van der Waals surface area contributed by atoms with E-state index in [2.05, 4.69) is 0 Å². The highest BCUT2D eigenvalue weighted by Crippen LogP contribution is 2.45. The van der Waals surface area contributed by atoms with Gasteiger partial charge in [0, 0.05) is 16.8 Å². The normalized spacial score (nSPS) is 14.8. The van der Waals surface area contributed by atoms with Crippen LogP contribution in [0.25, 0.3) is 0 Å². The average molecular weight is 288 g/mol. The van der Waals surface area contributed by atoms with E-state index in [1.54, 1.807) is 6.92 Å². The van der Waals surface area contributed by atoms with E-state index < -0.39 is 13.2 Å². The van der Waals surface area contributed by atoms with Crippen LogP contribution in [-0.4, -0.2) is 17.4 Å². The monoisotopic (exact) mass is 288 g/mol. The third kappa shape index (κ3) is 3.20. The van der Waals surface area contributed by atoms with Gasteiger partial charge in [0.1, 0.15) is 7.14 Å². The molecular formula is C17H21O2P. The molecule has 2 aromatic rings. The molecule has 2 nitrogen and oxygen atoms in total. The van der Waals surface area contributed by atoms with Gasteiger partial charge in [0.25, 0.3) is 0 Å². The number of aliphatic hydroxyl groups excluding tert-OH is 1. The van der Waals surface area contributed by atoms with Crippen LogP contribution in [-0.2, 0) is 4.57 Å². The standard InChI is InChI=1S/C17H21O2P/c1-14(15(2)18)13-20(19,16-9-5-3-6-10-16)17-11-7-4-8-12-17/h3-12,14-15,18H,13H2,1-2H3/t14-,15+/m0/s1. The molecule has 106 valence electrons. The zero-order valence-corrected chi connectivity index (χ0v) is 12.8. The fourth-order valence-corrected chi connectivity index (χ4v) is 5.40. The van der Waals surface area contributed by atoms with Crippen molar-refractivity contribution in [1.29, 1.82) is 0 Å². The Morgan fingerprint density at radius 2 is 1.30 bits per heavy atom. The van der Waals surface area contributed by atoms with Gasteiger partial charge in [-0.25, -0.2) is 0 Å². The van der Waals surface area contributed by atoms with Crippen LogP contribution in [0.2, 0.25) is 0 Å². The summed E-state index contributed by atoms with van der Waals surface area (Å²) in [5.41, 5.74) is 0. The van der Waals surface area contributed by atoms with Crippen molar-refractivity contribution >= 4 is 17.8 Å². The minimum absolute atomic E-state index is 0.0127. The molecule has 0 aromatic heterocycles. The Bertz CT molecular complexity index is 535. The van der Waals surface area contributed by atoms with Gasteiger partial charge in [-0.1, -0.05) is 67.6 Å². The molecule has 3 heteroatoms. The molecule has 0 aliphatic carbocycles. The summed E-state index contributed by atoms with van der Waals surface area (Å²) in [6.07, 6.45) is 0.0225. The van der Waals surface area contributed by atoms with Crippen LogP contribution < -0.4 is 10.6 Å². The van der Waals surface area contributed by atoms with Crippen LogP contribution in [0.4, 0.5) is 0 Å². The van der Waals surface area contributed by atoms with Gasteiger partial charge in [-0.05, 0) is 12.8 Å². The van der Waals surface area contributed by atoms with Crippen molar-refractivity contribution in [3.05, 3.63) is 60.7 Å². The number of rotatable bonds is 5. The van der Waals surface area contributed by atoms with Gasteiger partial charge in [0.2, 0.25) is 0 Å². The van der Waals surface area contributed by atoms with E-state index in [0.717, 1.165) is 10.6 Å². The third-order valence-electron chi connectivity index (χ3n) is 3.72. The second kappa shape index (κ2) is 6.39. The van der Waals surface area contributed by atoms with E-state index >= 15 is 0 Å². The molecule has 0 fully saturated rings. The van der Waals surface area contributed by atoms with E-state index in [9.17, 15) is 9.67 Å². The number of benzene rings is 2. The number of aliphatic hydroxyl groups is 1. The van der Waals surface area contributed by atoms with Crippen LogP contribution in [0.5, 0.6) is 0 Å². The Kier molecular flexibility index (Phi) is 4.80. The van der Waals surface area contributed by atoms with Gasteiger partial charge in [-0.15, -0.1) is 0 Å². The zero-order chi connectivity index (χ0) is 14.6. The van der Waals surface area contributed by atoms with Gasteiger partial charge < -0.3 is 9.67 Å². The molecule has 2 atom stereocenters. The lowest BCUT2D eigenvalue weighted by molar-refractivity contribution is 0.146. The molecule has 0 heterocycles. The first-order valence-electron chi connectivity index (χ1n) is 6.92. The SMILES string of the molecule is C[C@@H](O)[C@@H](C)CP(=O)(c1ccccc1)c1ccccc1. The van der Waals surface area contributed by atoms with Gasteiger partial charge in [-0.3, -0.25) is 0 Å². The molecule has 0 saturated heterocycles. The zero-order valence-electron chi connectivity index (χ0n) is 11.9. The lowest BCUT2D eigenvalue weighted by atomic mass is 10.1. The number of hydrogen-bond donors (Lipinski definition) is 1. The summed E-state index contributed by atoms with van der Waals surface area (Å²) < 4.78 is 13.6. The van der Waals surface area contributed by atoms with E-state index in [0.29, 0.717) is 6.16 Å². The lowest BCUT2D eigenvalue weighted by Gasteiger charge is -2.24. The smallest absolute Gasteiger partial charge is 0.143 e. The van der Waals surface area contributed by atoms with E-state index in [1.807, 2.05) is 67.6 Å². The van der Waals surface area contributed by atoms with Crippen molar-refractivity contribution in [2.24, 2.45) is 5.92 Å². The van der Waals surface area contributed by atoms with Crippen LogP contribution in [0.3, 0.4) is 0 Å². The molecule has 1 N–H and O–H groups in total. The number of hydrogen-bond acceptors (Lipinski definition) is 2. The minimum Gasteiger partial charge on any atom is -0.393 e. The highest BCUT2D eigenvalue weighted by molar-refractivity contribution is 7.78. The van der Waals surface area contributed by atoms with Crippen LogP contribution in [0.15, 0.2) is 60.7 Å². The summed E-state index contributed by atoms with van der Waals surface area (Å²) in [7, 11) is -2.69. The maximum atomic E-state index is 13.6. The van der Waals surface area contributed by atoms with Crippen molar-refractivity contribution in [3.63, 3.8) is 0 Å². The Balaban J connectivity index is 2.47. The molecule has 0 saturated carbocycles. The fraction of sp³-hybridized carbons (Fsp3) is 0.294. The first-order chi connectivity index (χ1) is 9.54. The lowest BCUT2D eigenvalue weighted by Crippen LogP contribution is -2.25. The Labute approximate surface area is 120 Å². The third-order valence-corrected chi connectivity index (χ3v) is 7.07. The van der Waals surface area contributed by atoms with Crippen molar-refractivity contribution in [2.45, 2.75) is 20.0 Å². The van der Waals surface area contributed by atoms with Gasteiger partial charge >= 0.3 is 0 Å². The van der Waals surface area contributed by atoms with Gasteiger partial charge in [0.15, 0.2) is 0 Å². The molecule has 0 spiro atoms. The fourth-order valence-electron chi connectivity index (χ4n) is 2.26. The van der Waals surface area contributed by atoms with Crippen molar-refractivity contribution in [3.8, 4) is 0 Å². The largest absolute Gasteiger partial charge is 0.393 e. The first kappa shape index (κ1) is 15.0. The topological polar surface area (TPSA) is 37.3 Å². The summed E-state index contributed by atoms with van der Waals surface area (Å²) in [4.78, 5) is 0. The first-order valence-corrected chi connectivity index (χ1v) is 8.81. The summed E-state index contributed by atoms with van der Waals surface area (Å²) in [6, 6.07) is 19.2. The highest BCUT2D eigenvalue weighted by Gasteiger charge is 2.30. The predicted octanol–water partition coefficient (Wildman–Crippen LogP) is 3.02. The van der Waals surface area contributed by atoms with Crippen LogP contribution >= 0.6 is 7.14 Å². The van der Waals surface area contributed by atoms with Crippen molar-refractivity contribution < 1.29 is 9.67 Å². The van der Waals surface area contributed by atoms with Gasteiger partial charge in [-0.2, -0.15) is 0 Å². The van der Waals surface area contributed by atoms with E-state index in [1.165, 1.54) is 0 Å². The van der Waals surface area contributed by atoms with E-state index in [4.69, 9.17) is 0 Å². The molecule has 0 radical (unpaired) electrons. The second-order valence-electron chi connectivity index (χ2n) is 5.31. The average Bonchev–Trinajstić information content (AvgIpc) is 2.48. The highest BCUT2D eigenvalue weighted by atomic mass is 31.2. The molecule has 0 unspecified atom stereocenters. The summed E-state index contributed by atoms with van der Waals surface area (Å²) in [5.74, 6) is -0.0127. The van der Waals surface area contributed by atoms with Crippen molar-refractivity contribution in [2.75, 3.05) is 6.16 Å². The molecule has 0 aliphatic rings. The van der Waals surface area contributed by atoms with E-state index in [-0.39, 0.29) is 5.92 Å². The molecular weight excluding hydrogens is 267 g/mol. The minimum atomic E-state index is -2.69. The summed E-state index contributed by atoms with van der Waals surface area (Å²) >= 11 is 0. The van der Waals surface area contributed by atoms with Crippen LogP contribution in [0.1, 0.15) is 13.8 Å². The summed E-state index contributed by atoms with van der Waals surface area (Å²) in [5, 5.41) is 11.5. The Morgan fingerprint density at radius 3 is 1.65 bits per heavy atom. The van der Waals surface area contributed by atoms with Crippen LogP contribution in [0, 0.1) is 5.92 Å². The predicted molar refractivity (Wildman–Crippen MR) is 85.5 cm³/mol. The molecule has 2 aromatic carbocycles. The molecule has 0 amide bonds.